The zero-order valence-corrected chi connectivity index (χ0v) is 12.3. The second-order valence-corrected chi connectivity index (χ2v) is 4.86. The number of halogens is 3. The average molecular weight is 341 g/mol. The molecule has 0 aliphatic carbocycles. The van der Waals surface area contributed by atoms with Crippen LogP contribution in [0.25, 0.3) is 0 Å². The quantitative estimate of drug-likeness (QED) is 0.771. The van der Waals surface area contributed by atoms with E-state index in [0.29, 0.717) is 5.69 Å². The van der Waals surface area contributed by atoms with Crippen molar-refractivity contribution in [2.45, 2.75) is 19.3 Å². The molecule has 1 heterocycles. The number of hydrogen-bond donors (Lipinski definition) is 3. The Morgan fingerprint density at radius 3 is 2.38 bits per heavy atom. The third-order valence-electron chi connectivity index (χ3n) is 2.95. The number of primary amides is 1. The van der Waals surface area contributed by atoms with Gasteiger partial charge in [-0.2, -0.15) is 18.3 Å². The van der Waals surface area contributed by atoms with Gasteiger partial charge in [0.1, 0.15) is 6.54 Å². The Balaban J connectivity index is 1.84. The average Bonchev–Trinajstić information content (AvgIpc) is 2.94. The SMILES string of the molecule is NC(=O)Nc1ccc(CNC(=O)Cn2ccc(C(F)(F)F)n2)cc1. The molecular formula is C14H14F3N5O2. The first-order chi connectivity index (χ1) is 11.2. The summed E-state index contributed by atoms with van der Waals surface area (Å²) in [5.41, 5.74) is 5.18. The molecule has 0 atom stereocenters. The molecule has 0 fully saturated rings. The summed E-state index contributed by atoms with van der Waals surface area (Å²) < 4.78 is 38.1. The van der Waals surface area contributed by atoms with Crippen LogP contribution in [0.5, 0.6) is 0 Å². The number of urea groups is 1. The van der Waals surface area contributed by atoms with Crippen LogP contribution in [-0.2, 0) is 24.1 Å². The van der Waals surface area contributed by atoms with Crippen LogP contribution in [0, 0.1) is 0 Å². The Labute approximate surface area is 134 Å². The van der Waals surface area contributed by atoms with Gasteiger partial charge in [-0.05, 0) is 23.8 Å². The maximum atomic E-state index is 12.4. The van der Waals surface area contributed by atoms with E-state index in [1.807, 2.05) is 0 Å². The van der Waals surface area contributed by atoms with Crippen LogP contribution in [0.4, 0.5) is 23.7 Å². The van der Waals surface area contributed by atoms with Crippen molar-refractivity contribution >= 4 is 17.6 Å². The van der Waals surface area contributed by atoms with Gasteiger partial charge in [0.2, 0.25) is 5.91 Å². The largest absolute Gasteiger partial charge is 0.435 e. The van der Waals surface area contributed by atoms with Crippen molar-refractivity contribution in [2.24, 2.45) is 5.73 Å². The van der Waals surface area contributed by atoms with Gasteiger partial charge in [0.25, 0.3) is 0 Å². The highest BCUT2D eigenvalue weighted by atomic mass is 19.4. The number of nitrogens with two attached hydrogens (primary N) is 1. The second-order valence-electron chi connectivity index (χ2n) is 4.86. The zero-order valence-electron chi connectivity index (χ0n) is 12.3. The van der Waals surface area contributed by atoms with Crippen molar-refractivity contribution in [2.75, 3.05) is 5.32 Å². The van der Waals surface area contributed by atoms with Crippen molar-refractivity contribution in [1.29, 1.82) is 0 Å². The summed E-state index contributed by atoms with van der Waals surface area (Å²) in [6.45, 7) is -0.138. The predicted molar refractivity (Wildman–Crippen MR) is 78.7 cm³/mol. The van der Waals surface area contributed by atoms with Crippen molar-refractivity contribution in [3.8, 4) is 0 Å². The molecule has 128 valence electrons. The normalized spacial score (nSPS) is 11.1. The highest BCUT2D eigenvalue weighted by molar-refractivity contribution is 5.87. The van der Waals surface area contributed by atoms with Gasteiger partial charge in [0.05, 0.1) is 0 Å². The highest BCUT2D eigenvalue weighted by Gasteiger charge is 2.33. The van der Waals surface area contributed by atoms with E-state index in [1.165, 1.54) is 0 Å². The molecule has 4 N–H and O–H groups in total. The van der Waals surface area contributed by atoms with E-state index in [-0.39, 0.29) is 13.1 Å². The Kier molecular flexibility index (Phi) is 5.07. The number of hydrogen-bond acceptors (Lipinski definition) is 3. The first-order valence-corrected chi connectivity index (χ1v) is 6.77. The number of aromatic nitrogens is 2. The molecular weight excluding hydrogens is 327 g/mol. The van der Waals surface area contributed by atoms with Crippen LogP contribution < -0.4 is 16.4 Å². The molecule has 10 heteroatoms. The van der Waals surface area contributed by atoms with E-state index in [0.717, 1.165) is 22.5 Å². The number of benzene rings is 1. The van der Waals surface area contributed by atoms with E-state index >= 15 is 0 Å². The summed E-state index contributed by atoms with van der Waals surface area (Å²) in [5, 5.41) is 8.25. The lowest BCUT2D eigenvalue weighted by Crippen LogP contribution is -2.27. The van der Waals surface area contributed by atoms with Crippen LogP contribution in [0.15, 0.2) is 36.5 Å². The van der Waals surface area contributed by atoms with Crippen molar-refractivity contribution in [1.82, 2.24) is 15.1 Å². The molecule has 0 spiro atoms. The molecule has 1 aromatic heterocycles. The molecule has 0 radical (unpaired) electrons. The van der Waals surface area contributed by atoms with Gasteiger partial charge < -0.3 is 16.4 Å². The monoisotopic (exact) mass is 341 g/mol. The number of carbonyl (C=O) groups is 2. The lowest BCUT2D eigenvalue weighted by Gasteiger charge is -2.07. The van der Waals surface area contributed by atoms with E-state index in [9.17, 15) is 22.8 Å². The first kappa shape index (κ1) is 17.3. The number of rotatable bonds is 5. The molecule has 2 aromatic rings. The minimum Gasteiger partial charge on any atom is -0.351 e. The summed E-state index contributed by atoms with van der Waals surface area (Å²) in [4.78, 5) is 22.4. The first-order valence-electron chi connectivity index (χ1n) is 6.77. The van der Waals surface area contributed by atoms with E-state index in [4.69, 9.17) is 5.73 Å². The van der Waals surface area contributed by atoms with E-state index in [2.05, 4.69) is 15.7 Å². The maximum Gasteiger partial charge on any atom is 0.435 e. The molecule has 0 aliphatic rings. The van der Waals surface area contributed by atoms with Crippen molar-refractivity contribution in [3.63, 3.8) is 0 Å². The minimum atomic E-state index is -4.54. The summed E-state index contributed by atoms with van der Waals surface area (Å²) >= 11 is 0. The zero-order chi connectivity index (χ0) is 17.7. The summed E-state index contributed by atoms with van der Waals surface area (Å²) in [6.07, 6.45) is -3.45. The van der Waals surface area contributed by atoms with Crippen molar-refractivity contribution < 1.29 is 22.8 Å². The third-order valence-corrected chi connectivity index (χ3v) is 2.95. The van der Waals surface area contributed by atoms with Crippen LogP contribution in [0.1, 0.15) is 11.3 Å². The van der Waals surface area contributed by atoms with Gasteiger partial charge in [-0.3, -0.25) is 9.48 Å². The van der Waals surface area contributed by atoms with Gasteiger partial charge in [0, 0.05) is 18.4 Å². The van der Waals surface area contributed by atoms with Crippen LogP contribution in [-0.4, -0.2) is 21.7 Å². The van der Waals surface area contributed by atoms with Gasteiger partial charge in [-0.25, -0.2) is 4.79 Å². The maximum absolute atomic E-state index is 12.4. The summed E-state index contributed by atoms with van der Waals surface area (Å²) in [5.74, 6) is -0.480. The van der Waals surface area contributed by atoms with Crippen LogP contribution >= 0.6 is 0 Å². The van der Waals surface area contributed by atoms with Gasteiger partial charge in [-0.1, -0.05) is 12.1 Å². The smallest absolute Gasteiger partial charge is 0.351 e. The minimum absolute atomic E-state index is 0.184. The van der Waals surface area contributed by atoms with E-state index < -0.39 is 23.8 Å². The number of nitrogens with one attached hydrogen (secondary N) is 2. The molecule has 3 amide bonds. The highest BCUT2D eigenvalue weighted by Crippen LogP contribution is 2.27. The fourth-order valence-corrected chi connectivity index (χ4v) is 1.85. The van der Waals surface area contributed by atoms with Crippen molar-refractivity contribution in [3.05, 3.63) is 47.8 Å². The molecule has 0 aliphatic heterocycles. The Hall–Kier alpha value is -3.04. The lowest BCUT2D eigenvalue weighted by molar-refractivity contribution is -0.141. The number of alkyl halides is 3. The summed E-state index contributed by atoms with van der Waals surface area (Å²) in [6, 6.07) is 6.67. The Bertz CT molecular complexity index is 725. The number of anilines is 1. The van der Waals surface area contributed by atoms with Gasteiger partial charge >= 0.3 is 12.2 Å². The summed E-state index contributed by atoms with van der Waals surface area (Å²) in [7, 11) is 0. The number of carbonyl (C=O) groups excluding carboxylic acids is 2. The topological polar surface area (TPSA) is 102 Å². The molecule has 2 rings (SSSR count). The number of nitrogens with zero attached hydrogens (tertiary/aromatic N) is 2. The predicted octanol–water partition coefficient (Wildman–Crippen LogP) is 1.71. The second kappa shape index (κ2) is 7.02. The third kappa shape index (κ3) is 5.00. The number of amides is 3. The fourth-order valence-electron chi connectivity index (χ4n) is 1.85. The fraction of sp³-hybridized carbons (Fsp3) is 0.214. The Morgan fingerprint density at radius 1 is 1.17 bits per heavy atom. The van der Waals surface area contributed by atoms with E-state index in [1.54, 1.807) is 24.3 Å². The molecule has 0 bridgehead atoms. The van der Waals surface area contributed by atoms with Crippen LogP contribution in [0.2, 0.25) is 0 Å². The van der Waals surface area contributed by atoms with Gasteiger partial charge in [-0.15, -0.1) is 0 Å². The molecule has 0 saturated heterocycles. The lowest BCUT2D eigenvalue weighted by atomic mass is 10.2. The van der Waals surface area contributed by atoms with Gasteiger partial charge in [0.15, 0.2) is 5.69 Å². The molecule has 0 unspecified atom stereocenters. The molecule has 7 nitrogen and oxygen atoms in total. The molecule has 24 heavy (non-hydrogen) atoms. The molecule has 0 saturated carbocycles. The standard InChI is InChI=1S/C14H14F3N5O2/c15-14(16,17)11-5-6-22(21-11)8-12(23)19-7-9-1-3-10(4-2-9)20-13(18)24/h1-6H,7-8H2,(H,19,23)(H3,18,20,24). The Morgan fingerprint density at radius 2 is 1.83 bits per heavy atom. The van der Waals surface area contributed by atoms with Crippen LogP contribution in [0.3, 0.4) is 0 Å². The molecule has 1 aromatic carbocycles.